The van der Waals surface area contributed by atoms with Gasteiger partial charge in [-0.1, -0.05) is 18.9 Å². The third-order valence-electron chi connectivity index (χ3n) is 4.91. The van der Waals surface area contributed by atoms with Gasteiger partial charge in [-0.2, -0.15) is 0 Å². The van der Waals surface area contributed by atoms with Gasteiger partial charge in [0.2, 0.25) is 0 Å². The molecular formula is C17H24F2N2. The first-order chi connectivity index (χ1) is 10.2. The molecule has 1 atom stereocenters. The van der Waals surface area contributed by atoms with E-state index in [-0.39, 0.29) is 0 Å². The van der Waals surface area contributed by atoms with Crippen LogP contribution in [-0.4, -0.2) is 30.6 Å². The Morgan fingerprint density at radius 2 is 1.95 bits per heavy atom. The second-order valence-electron chi connectivity index (χ2n) is 6.46. The summed E-state index contributed by atoms with van der Waals surface area (Å²) in [4.78, 5) is 2.41. The molecule has 1 heterocycles. The molecule has 2 fully saturated rings. The van der Waals surface area contributed by atoms with Gasteiger partial charge in [-0.15, -0.1) is 0 Å². The van der Waals surface area contributed by atoms with Gasteiger partial charge in [-0.05, 0) is 37.8 Å². The van der Waals surface area contributed by atoms with Crippen LogP contribution >= 0.6 is 0 Å². The SMILES string of the molecule is Fc1ccc(CN(CC2CCCC2)[C@H]2CCNC2)c(F)c1. The van der Waals surface area contributed by atoms with E-state index >= 15 is 0 Å². The van der Waals surface area contributed by atoms with Crippen LogP contribution in [0.5, 0.6) is 0 Å². The normalized spacial score (nSPS) is 23.3. The van der Waals surface area contributed by atoms with Crippen molar-refractivity contribution < 1.29 is 8.78 Å². The minimum absolute atomic E-state index is 0.419. The maximum atomic E-state index is 13.9. The molecule has 4 heteroatoms. The van der Waals surface area contributed by atoms with Crippen molar-refractivity contribution in [2.75, 3.05) is 19.6 Å². The van der Waals surface area contributed by atoms with Crippen LogP contribution in [0.1, 0.15) is 37.7 Å². The van der Waals surface area contributed by atoms with E-state index in [1.807, 2.05) is 0 Å². The van der Waals surface area contributed by atoms with Crippen LogP contribution in [0.2, 0.25) is 0 Å². The quantitative estimate of drug-likeness (QED) is 0.896. The molecular weight excluding hydrogens is 270 g/mol. The molecule has 0 radical (unpaired) electrons. The largest absolute Gasteiger partial charge is 0.315 e. The molecule has 1 aromatic rings. The minimum Gasteiger partial charge on any atom is -0.315 e. The van der Waals surface area contributed by atoms with Crippen molar-refractivity contribution in [3.63, 3.8) is 0 Å². The Morgan fingerprint density at radius 3 is 2.62 bits per heavy atom. The van der Waals surface area contributed by atoms with Crippen molar-refractivity contribution in [2.24, 2.45) is 5.92 Å². The molecule has 1 saturated carbocycles. The van der Waals surface area contributed by atoms with Gasteiger partial charge in [-0.25, -0.2) is 8.78 Å². The van der Waals surface area contributed by atoms with Crippen LogP contribution in [0.3, 0.4) is 0 Å². The summed E-state index contributed by atoms with van der Waals surface area (Å²) in [6, 6.07) is 4.43. The van der Waals surface area contributed by atoms with Gasteiger partial charge in [0.15, 0.2) is 0 Å². The summed E-state index contributed by atoms with van der Waals surface area (Å²) in [7, 11) is 0. The van der Waals surface area contributed by atoms with E-state index in [0.717, 1.165) is 38.0 Å². The summed E-state index contributed by atoms with van der Waals surface area (Å²) >= 11 is 0. The van der Waals surface area contributed by atoms with Crippen molar-refractivity contribution in [3.05, 3.63) is 35.4 Å². The molecule has 0 aromatic heterocycles. The van der Waals surface area contributed by atoms with Gasteiger partial charge in [0.05, 0.1) is 0 Å². The highest BCUT2D eigenvalue weighted by molar-refractivity contribution is 5.18. The molecule has 1 aliphatic heterocycles. The molecule has 2 aliphatic rings. The number of nitrogens with one attached hydrogen (secondary N) is 1. The molecule has 0 amide bonds. The molecule has 0 spiro atoms. The Hall–Kier alpha value is -1.00. The lowest BCUT2D eigenvalue weighted by molar-refractivity contribution is 0.166. The molecule has 116 valence electrons. The highest BCUT2D eigenvalue weighted by Gasteiger charge is 2.27. The second kappa shape index (κ2) is 6.84. The van der Waals surface area contributed by atoms with E-state index < -0.39 is 11.6 Å². The zero-order chi connectivity index (χ0) is 14.7. The Morgan fingerprint density at radius 1 is 1.14 bits per heavy atom. The lowest BCUT2D eigenvalue weighted by Gasteiger charge is -2.31. The van der Waals surface area contributed by atoms with E-state index in [9.17, 15) is 8.78 Å². The number of nitrogens with zero attached hydrogens (tertiary/aromatic N) is 1. The van der Waals surface area contributed by atoms with Crippen molar-refractivity contribution in [2.45, 2.75) is 44.7 Å². The molecule has 0 bridgehead atoms. The summed E-state index contributed by atoms with van der Waals surface area (Å²) in [5.41, 5.74) is 0.612. The smallest absolute Gasteiger partial charge is 0.130 e. The monoisotopic (exact) mass is 294 g/mol. The third kappa shape index (κ3) is 3.80. The zero-order valence-corrected chi connectivity index (χ0v) is 12.5. The summed E-state index contributed by atoms with van der Waals surface area (Å²) in [6.07, 6.45) is 6.36. The summed E-state index contributed by atoms with van der Waals surface area (Å²) < 4.78 is 27.0. The van der Waals surface area contributed by atoms with Crippen molar-refractivity contribution in [3.8, 4) is 0 Å². The van der Waals surface area contributed by atoms with E-state index in [4.69, 9.17) is 0 Å². The fraction of sp³-hybridized carbons (Fsp3) is 0.647. The Bertz CT molecular complexity index is 466. The number of hydrogen-bond donors (Lipinski definition) is 1. The second-order valence-corrected chi connectivity index (χ2v) is 6.46. The number of benzene rings is 1. The third-order valence-corrected chi connectivity index (χ3v) is 4.91. The predicted molar refractivity (Wildman–Crippen MR) is 80.0 cm³/mol. The summed E-state index contributed by atoms with van der Waals surface area (Å²) in [5, 5.41) is 3.39. The highest BCUT2D eigenvalue weighted by Crippen LogP contribution is 2.28. The van der Waals surface area contributed by atoms with E-state index in [0.29, 0.717) is 18.2 Å². The van der Waals surface area contributed by atoms with Crippen molar-refractivity contribution >= 4 is 0 Å². The fourth-order valence-corrected chi connectivity index (χ4v) is 3.69. The predicted octanol–water partition coefficient (Wildman–Crippen LogP) is 3.32. The summed E-state index contributed by atoms with van der Waals surface area (Å²) in [6.45, 7) is 3.66. The van der Waals surface area contributed by atoms with E-state index in [1.54, 1.807) is 6.07 Å². The number of rotatable bonds is 5. The van der Waals surface area contributed by atoms with Gasteiger partial charge in [-0.3, -0.25) is 4.90 Å². The van der Waals surface area contributed by atoms with Gasteiger partial charge in [0, 0.05) is 37.3 Å². The van der Waals surface area contributed by atoms with Gasteiger partial charge in [0.1, 0.15) is 11.6 Å². The first-order valence-electron chi connectivity index (χ1n) is 8.11. The van der Waals surface area contributed by atoms with Gasteiger partial charge >= 0.3 is 0 Å². The van der Waals surface area contributed by atoms with Crippen molar-refractivity contribution in [1.82, 2.24) is 10.2 Å². The molecule has 21 heavy (non-hydrogen) atoms. The molecule has 3 rings (SSSR count). The van der Waals surface area contributed by atoms with E-state index in [1.165, 1.54) is 31.7 Å². The first-order valence-corrected chi connectivity index (χ1v) is 8.11. The zero-order valence-electron chi connectivity index (χ0n) is 12.5. The Kier molecular flexibility index (Phi) is 4.86. The van der Waals surface area contributed by atoms with Crippen LogP contribution in [0.4, 0.5) is 8.78 Å². The lowest BCUT2D eigenvalue weighted by Crippen LogP contribution is -2.39. The number of halogens is 2. The van der Waals surface area contributed by atoms with Crippen LogP contribution in [0, 0.1) is 17.6 Å². The molecule has 2 nitrogen and oxygen atoms in total. The van der Waals surface area contributed by atoms with Gasteiger partial charge < -0.3 is 5.32 Å². The van der Waals surface area contributed by atoms with E-state index in [2.05, 4.69) is 10.2 Å². The Balaban J connectivity index is 1.70. The molecule has 0 unspecified atom stereocenters. The molecule has 1 saturated heterocycles. The summed E-state index contributed by atoms with van der Waals surface area (Å²) in [5.74, 6) is -0.174. The van der Waals surface area contributed by atoms with Crippen LogP contribution in [-0.2, 0) is 6.54 Å². The highest BCUT2D eigenvalue weighted by atomic mass is 19.1. The fourth-order valence-electron chi connectivity index (χ4n) is 3.69. The molecule has 1 N–H and O–H groups in total. The maximum Gasteiger partial charge on any atom is 0.130 e. The lowest BCUT2D eigenvalue weighted by atomic mass is 10.0. The van der Waals surface area contributed by atoms with Crippen LogP contribution in [0.15, 0.2) is 18.2 Å². The molecule has 1 aliphatic carbocycles. The van der Waals surface area contributed by atoms with Crippen LogP contribution in [0.25, 0.3) is 0 Å². The topological polar surface area (TPSA) is 15.3 Å². The Labute approximate surface area is 125 Å². The average Bonchev–Trinajstić information content (AvgIpc) is 3.13. The standard InChI is InChI=1S/C17H24F2N2/c18-15-6-5-14(17(19)9-15)12-21(16-7-8-20-10-16)11-13-3-1-2-4-13/h5-6,9,13,16,20H,1-4,7-8,10-12H2/t16-/m0/s1. The van der Waals surface area contributed by atoms with Crippen molar-refractivity contribution in [1.29, 1.82) is 0 Å². The minimum atomic E-state index is -0.499. The maximum absolute atomic E-state index is 13.9. The number of hydrogen-bond acceptors (Lipinski definition) is 2. The van der Waals surface area contributed by atoms with Crippen LogP contribution < -0.4 is 5.32 Å². The van der Waals surface area contributed by atoms with Gasteiger partial charge in [0.25, 0.3) is 0 Å². The molecule has 1 aromatic carbocycles. The first kappa shape index (κ1) is 14.9. The average molecular weight is 294 g/mol.